The lowest BCUT2D eigenvalue weighted by atomic mass is 9.85. The normalized spacial score (nSPS) is 19.5. The average Bonchev–Trinajstić information content (AvgIpc) is 4.09. The summed E-state index contributed by atoms with van der Waals surface area (Å²) < 4.78 is 15.0. The number of alkyl carbamates (subject to hydrolysis) is 2. The van der Waals surface area contributed by atoms with Gasteiger partial charge in [-0.1, -0.05) is 63.2 Å². The first kappa shape index (κ1) is 45.4. The number of hydrogen-bond acceptors (Lipinski definition) is 10. The molecule has 0 saturated carbocycles. The van der Waals surface area contributed by atoms with Crippen molar-refractivity contribution >= 4 is 52.9 Å². The van der Waals surface area contributed by atoms with Crippen LogP contribution in [0.3, 0.4) is 0 Å². The number of nitrogens with one attached hydrogen (secondary N) is 4. The Balaban J connectivity index is 1.07. The number of carbonyl (C=O) groups is 6. The Morgan fingerprint density at radius 2 is 1.19 bits per heavy atom. The van der Waals surface area contributed by atoms with Gasteiger partial charge in [0.2, 0.25) is 23.6 Å². The topological polar surface area (TPSA) is 188 Å². The van der Waals surface area contributed by atoms with Crippen molar-refractivity contribution in [2.24, 2.45) is 11.3 Å². The standard InChI is InChI=1S/C46H59N7O9/c1-46(2,3)39(50-45(59)61-5)43(57)53-25-10-14-37(53)41(55)48-34-21-17-31(18-22-34)28-51(35-11-7-6-8-12-35)27-30-15-19-33(20-16-30)47-40(54)36-13-9-24-52(36)42(56)38(49-44(58)60-4)32-23-26-62-29-32/h6-8,11-12,15-22,32,36-39H,9-10,13-14,23-29H2,1-5H3,(H,47,54)(H,48,55)(H,49,58)(H,50,59)/t32-,36-,37-,38-,39+/m0/s1. The van der Waals surface area contributed by atoms with Crippen LogP contribution in [-0.2, 0) is 46.5 Å². The van der Waals surface area contributed by atoms with E-state index in [-0.39, 0.29) is 29.5 Å². The third kappa shape index (κ3) is 11.4. The molecule has 0 spiro atoms. The van der Waals surface area contributed by atoms with Gasteiger partial charge in [0.25, 0.3) is 0 Å². The van der Waals surface area contributed by atoms with Gasteiger partial charge in [0.1, 0.15) is 24.2 Å². The Morgan fingerprint density at radius 3 is 1.66 bits per heavy atom. The first-order valence-corrected chi connectivity index (χ1v) is 21.2. The number of nitrogens with zero attached hydrogens (tertiary/aromatic N) is 3. The summed E-state index contributed by atoms with van der Waals surface area (Å²) in [5.74, 6) is -1.42. The molecule has 3 heterocycles. The lowest BCUT2D eigenvalue weighted by molar-refractivity contribution is -0.140. The van der Waals surface area contributed by atoms with Crippen LogP contribution in [0.2, 0.25) is 0 Å². The highest BCUT2D eigenvalue weighted by molar-refractivity contribution is 5.99. The number of methoxy groups -OCH3 is 2. The van der Waals surface area contributed by atoms with Crippen molar-refractivity contribution in [3.63, 3.8) is 0 Å². The Hall–Kier alpha value is -6.16. The van der Waals surface area contributed by atoms with Crippen molar-refractivity contribution in [1.82, 2.24) is 20.4 Å². The van der Waals surface area contributed by atoms with Crippen LogP contribution >= 0.6 is 0 Å². The third-order valence-electron chi connectivity index (χ3n) is 11.7. The van der Waals surface area contributed by atoms with Crippen molar-refractivity contribution in [2.75, 3.05) is 56.1 Å². The van der Waals surface area contributed by atoms with Crippen molar-refractivity contribution in [3.8, 4) is 0 Å². The number of benzene rings is 3. The van der Waals surface area contributed by atoms with E-state index in [4.69, 9.17) is 14.2 Å². The Kier molecular flexibility index (Phi) is 15.1. The van der Waals surface area contributed by atoms with Crippen LogP contribution in [0.1, 0.15) is 64.0 Å². The maximum absolute atomic E-state index is 13.7. The van der Waals surface area contributed by atoms with Crippen LogP contribution in [0.15, 0.2) is 78.9 Å². The zero-order valence-electron chi connectivity index (χ0n) is 36.2. The van der Waals surface area contributed by atoms with Crippen LogP contribution < -0.4 is 26.2 Å². The SMILES string of the molecule is COC(=O)N[C@H](C(=O)N1CCC[C@H]1C(=O)Nc1ccc(CN(Cc2ccc(NC(=O)[C@@H]3CCCN3C(=O)[C@@H](NC(=O)OC)C(C)(C)C)cc2)c2ccccc2)cc1)[C@H]1CCOC1. The molecular weight excluding hydrogens is 795 g/mol. The van der Waals surface area contributed by atoms with Gasteiger partial charge in [0.15, 0.2) is 0 Å². The van der Waals surface area contributed by atoms with Gasteiger partial charge in [-0.05, 0) is 85.0 Å². The number of amides is 6. The first-order valence-electron chi connectivity index (χ1n) is 21.2. The average molecular weight is 854 g/mol. The lowest BCUT2D eigenvalue weighted by Gasteiger charge is -2.35. The second-order valence-electron chi connectivity index (χ2n) is 17.1. The van der Waals surface area contributed by atoms with Crippen LogP contribution in [0.4, 0.5) is 26.7 Å². The molecule has 16 heteroatoms. The quantitative estimate of drug-likeness (QED) is 0.166. The van der Waals surface area contributed by atoms with E-state index >= 15 is 0 Å². The highest BCUT2D eigenvalue weighted by Crippen LogP contribution is 2.29. The van der Waals surface area contributed by atoms with Gasteiger partial charge < -0.3 is 50.2 Å². The minimum atomic E-state index is -0.864. The molecule has 3 aromatic carbocycles. The van der Waals surface area contributed by atoms with Gasteiger partial charge in [-0.3, -0.25) is 19.2 Å². The van der Waals surface area contributed by atoms with E-state index < -0.39 is 41.8 Å². The van der Waals surface area contributed by atoms with E-state index in [9.17, 15) is 28.8 Å². The molecule has 0 unspecified atom stereocenters. The minimum absolute atomic E-state index is 0.207. The van der Waals surface area contributed by atoms with Crippen LogP contribution in [0.25, 0.3) is 0 Å². The molecule has 3 fully saturated rings. The van der Waals surface area contributed by atoms with Crippen LogP contribution in [0, 0.1) is 11.3 Å². The fraction of sp³-hybridized carbons (Fsp3) is 0.478. The molecule has 0 aromatic heterocycles. The third-order valence-corrected chi connectivity index (χ3v) is 11.7. The number of para-hydroxylation sites is 1. The summed E-state index contributed by atoms with van der Waals surface area (Å²) in [5, 5.41) is 11.3. The molecule has 3 aliphatic rings. The highest BCUT2D eigenvalue weighted by atomic mass is 16.5. The summed E-state index contributed by atoms with van der Waals surface area (Å²) >= 11 is 0. The fourth-order valence-corrected chi connectivity index (χ4v) is 8.31. The summed E-state index contributed by atoms with van der Waals surface area (Å²) in [7, 11) is 2.50. The molecule has 0 radical (unpaired) electrons. The van der Waals surface area contributed by atoms with E-state index in [2.05, 4.69) is 26.2 Å². The summed E-state index contributed by atoms with van der Waals surface area (Å²) in [6.07, 6.45) is 1.57. The summed E-state index contributed by atoms with van der Waals surface area (Å²) in [4.78, 5) is 84.1. The lowest BCUT2D eigenvalue weighted by Crippen LogP contribution is -2.57. The smallest absolute Gasteiger partial charge is 0.407 e. The Morgan fingerprint density at radius 1 is 0.694 bits per heavy atom. The second-order valence-corrected chi connectivity index (χ2v) is 17.1. The number of ether oxygens (including phenoxy) is 3. The van der Waals surface area contributed by atoms with Crippen molar-refractivity contribution in [2.45, 2.75) is 90.1 Å². The summed E-state index contributed by atoms with van der Waals surface area (Å²) in [6, 6.07) is 22.2. The van der Waals surface area contributed by atoms with Gasteiger partial charge in [0.05, 0.1) is 20.8 Å². The molecule has 0 aliphatic carbocycles. The Labute approximate surface area is 363 Å². The molecule has 16 nitrogen and oxygen atoms in total. The number of carbonyl (C=O) groups excluding carboxylic acids is 6. The van der Waals surface area contributed by atoms with Gasteiger partial charge in [0, 0.05) is 55.8 Å². The number of rotatable bonds is 14. The molecular formula is C46H59N7O9. The summed E-state index contributed by atoms with van der Waals surface area (Å²) in [5.41, 5.74) is 3.63. The molecule has 6 amide bonds. The van der Waals surface area contributed by atoms with E-state index in [0.29, 0.717) is 82.9 Å². The fourth-order valence-electron chi connectivity index (χ4n) is 8.31. The van der Waals surface area contributed by atoms with E-state index in [1.165, 1.54) is 14.2 Å². The first-order chi connectivity index (χ1) is 29.7. The zero-order chi connectivity index (χ0) is 44.4. The maximum atomic E-state index is 13.7. The van der Waals surface area contributed by atoms with Crippen molar-refractivity contribution < 1.29 is 43.0 Å². The predicted octanol–water partition coefficient (Wildman–Crippen LogP) is 5.28. The minimum Gasteiger partial charge on any atom is -0.453 e. The molecule has 3 aliphatic heterocycles. The van der Waals surface area contributed by atoms with Gasteiger partial charge in [-0.25, -0.2) is 9.59 Å². The van der Waals surface area contributed by atoms with E-state index in [0.717, 1.165) is 16.8 Å². The maximum Gasteiger partial charge on any atom is 0.407 e. The van der Waals surface area contributed by atoms with Crippen LogP contribution in [0.5, 0.6) is 0 Å². The predicted molar refractivity (Wildman–Crippen MR) is 233 cm³/mol. The van der Waals surface area contributed by atoms with E-state index in [1.807, 2.05) is 99.6 Å². The van der Waals surface area contributed by atoms with Gasteiger partial charge >= 0.3 is 12.2 Å². The molecule has 5 atom stereocenters. The number of hydrogen-bond donors (Lipinski definition) is 4. The van der Waals surface area contributed by atoms with Gasteiger partial charge in [-0.15, -0.1) is 0 Å². The van der Waals surface area contributed by atoms with Crippen molar-refractivity contribution in [1.29, 1.82) is 0 Å². The van der Waals surface area contributed by atoms with Crippen LogP contribution in [-0.4, -0.2) is 110 Å². The Bertz CT molecular complexity index is 2040. The molecule has 4 N–H and O–H groups in total. The molecule has 3 saturated heterocycles. The molecule has 3 aromatic rings. The van der Waals surface area contributed by atoms with E-state index in [1.54, 1.807) is 9.80 Å². The van der Waals surface area contributed by atoms with Gasteiger partial charge in [-0.2, -0.15) is 0 Å². The molecule has 0 bridgehead atoms. The summed E-state index contributed by atoms with van der Waals surface area (Å²) in [6.45, 7) is 8.35. The zero-order valence-corrected chi connectivity index (χ0v) is 36.2. The molecule has 332 valence electrons. The van der Waals surface area contributed by atoms with Crippen molar-refractivity contribution in [3.05, 3.63) is 90.0 Å². The molecule has 6 rings (SSSR count). The second kappa shape index (κ2) is 20.6. The highest BCUT2D eigenvalue weighted by Gasteiger charge is 2.43. The largest absolute Gasteiger partial charge is 0.453 e. The monoisotopic (exact) mass is 853 g/mol. The molecule has 62 heavy (non-hydrogen) atoms. The number of anilines is 3. The number of likely N-dealkylation sites (tertiary alicyclic amines) is 2.